The topological polar surface area (TPSA) is 110 Å². The summed E-state index contributed by atoms with van der Waals surface area (Å²) in [5, 5.41) is 9.65. The highest BCUT2D eigenvalue weighted by molar-refractivity contribution is 7.09. The van der Waals surface area contributed by atoms with Gasteiger partial charge < -0.3 is 14.6 Å². The molecule has 1 aromatic heterocycles. The van der Waals surface area contributed by atoms with Crippen molar-refractivity contribution in [2.75, 3.05) is 13.2 Å². The Labute approximate surface area is 182 Å². The number of aromatic hydroxyl groups is 1. The number of esters is 1. The van der Waals surface area contributed by atoms with Gasteiger partial charge in [0.25, 0.3) is 0 Å². The second-order valence-corrected chi connectivity index (χ2v) is 7.49. The molecule has 162 valence electrons. The van der Waals surface area contributed by atoms with E-state index in [2.05, 4.69) is 10.5 Å². The summed E-state index contributed by atoms with van der Waals surface area (Å²) >= 11 is 0.999. The predicted molar refractivity (Wildman–Crippen MR) is 117 cm³/mol. The standard InChI is InChI=1S/C22H22N2O6S/c1-15(25)30-19-8-2-16(3-9-19)10-11-23-29-13-12-28-18-6-4-17(5-7-18)14-20-21(26)24-22(27)31-20/h2-11,23,26H,12-14H2,1H3,(H,24,27). The Kier molecular flexibility index (Phi) is 7.85. The van der Waals surface area contributed by atoms with Gasteiger partial charge in [-0.05, 0) is 41.5 Å². The van der Waals surface area contributed by atoms with Crippen molar-refractivity contribution >= 4 is 23.4 Å². The zero-order chi connectivity index (χ0) is 22.1. The van der Waals surface area contributed by atoms with E-state index in [-0.39, 0.29) is 16.7 Å². The molecule has 2 aromatic carbocycles. The molecule has 9 heteroatoms. The zero-order valence-corrected chi connectivity index (χ0v) is 17.6. The number of rotatable bonds is 10. The first-order valence-corrected chi connectivity index (χ1v) is 10.3. The molecule has 0 bridgehead atoms. The van der Waals surface area contributed by atoms with Gasteiger partial charge in [0.1, 0.15) is 24.7 Å². The molecule has 0 unspecified atom stereocenters. The van der Waals surface area contributed by atoms with Crippen molar-refractivity contribution in [1.82, 2.24) is 10.5 Å². The molecule has 0 amide bonds. The molecule has 0 fully saturated rings. The number of thiazole rings is 1. The zero-order valence-electron chi connectivity index (χ0n) is 16.8. The summed E-state index contributed by atoms with van der Waals surface area (Å²) in [4.78, 5) is 30.1. The Balaban J connectivity index is 1.33. The maximum Gasteiger partial charge on any atom is 0.308 e. The van der Waals surface area contributed by atoms with E-state index in [0.29, 0.717) is 36.0 Å². The molecule has 0 aliphatic rings. The van der Waals surface area contributed by atoms with Gasteiger partial charge in [0.2, 0.25) is 5.88 Å². The first-order valence-electron chi connectivity index (χ1n) is 9.44. The number of aromatic amines is 1. The van der Waals surface area contributed by atoms with Gasteiger partial charge in [-0.1, -0.05) is 35.6 Å². The normalized spacial score (nSPS) is 10.9. The lowest BCUT2D eigenvalue weighted by atomic mass is 10.1. The molecule has 3 N–H and O–H groups in total. The third-order valence-corrected chi connectivity index (χ3v) is 4.88. The second kappa shape index (κ2) is 11.0. The van der Waals surface area contributed by atoms with Crippen LogP contribution in [0.1, 0.15) is 22.9 Å². The number of hydroxylamine groups is 1. The van der Waals surface area contributed by atoms with E-state index in [4.69, 9.17) is 14.3 Å². The monoisotopic (exact) mass is 442 g/mol. The number of carbonyl (C=O) groups is 1. The fraction of sp³-hybridized carbons (Fsp3) is 0.182. The first kappa shape index (κ1) is 22.1. The van der Waals surface area contributed by atoms with Gasteiger partial charge in [-0.15, -0.1) is 0 Å². The predicted octanol–water partition coefficient (Wildman–Crippen LogP) is 3.23. The molecule has 0 aliphatic carbocycles. The number of H-pyrrole nitrogens is 1. The summed E-state index contributed by atoms with van der Waals surface area (Å²) < 4.78 is 10.6. The minimum atomic E-state index is -0.354. The molecule has 0 radical (unpaired) electrons. The van der Waals surface area contributed by atoms with Gasteiger partial charge >= 0.3 is 10.8 Å². The molecule has 1 heterocycles. The third-order valence-electron chi connectivity index (χ3n) is 4.01. The van der Waals surface area contributed by atoms with E-state index in [9.17, 15) is 14.7 Å². The van der Waals surface area contributed by atoms with Crippen LogP contribution in [0.3, 0.4) is 0 Å². The number of aromatic nitrogens is 1. The number of hydrogen-bond acceptors (Lipinski definition) is 8. The first-order chi connectivity index (χ1) is 15.0. The molecule has 31 heavy (non-hydrogen) atoms. The molecular formula is C22H22N2O6S. The van der Waals surface area contributed by atoms with Crippen LogP contribution in [0, 0.1) is 0 Å². The van der Waals surface area contributed by atoms with Crippen molar-refractivity contribution < 1.29 is 24.2 Å². The average Bonchev–Trinajstić information content (AvgIpc) is 3.06. The van der Waals surface area contributed by atoms with Crippen molar-refractivity contribution in [3.05, 3.63) is 80.4 Å². The van der Waals surface area contributed by atoms with Crippen LogP contribution in [0.15, 0.2) is 59.5 Å². The highest BCUT2D eigenvalue weighted by Crippen LogP contribution is 2.21. The number of nitrogens with one attached hydrogen (secondary N) is 2. The number of hydrogen-bond donors (Lipinski definition) is 3. The van der Waals surface area contributed by atoms with Gasteiger partial charge in [0.15, 0.2) is 0 Å². The molecule has 0 atom stereocenters. The van der Waals surface area contributed by atoms with Crippen LogP contribution in [-0.2, 0) is 16.1 Å². The van der Waals surface area contributed by atoms with Crippen molar-refractivity contribution in [3.8, 4) is 17.4 Å². The second-order valence-electron chi connectivity index (χ2n) is 6.42. The summed E-state index contributed by atoms with van der Waals surface area (Å²) in [7, 11) is 0. The Bertz CT molecular complexity index is 1070. The van der Waals surface area contributed by atoms with Gasteiger partial charge in [-0.3, -0.25) is 24.9 Å². The number of ether oxygens (including phenoxy) is 2. The lowest BCUT2D eigenvalue weighted by molar-refractivity contribution is -0.131. The molecular weight excluding hydrogens is 420 g/mol. The van der Waals surface area contributed by atoms with Crippen LogP contribution in [0.25, 0.3) is 6.08 Å². The molecule has 0 aliphatic heterocycles. The van der Waals surface area contributed by atoms with Crippen molar-refractivity contribution in [2.24, 2.45) is 0 Å². The Morgan fingerprint density at radius 3 is 2.45 bits per heavy atom. The molecule has 3 rings (SSSR count). The molecule has 0 spiro atoms. The Morgan fingerprint density at radius 2 is 1.81 bits per heavy atom. The summed E-state index contributed by atoms with van der Waals surface area (Å²) in [5.74, 6) is 0.766. The van der Waals surface area contributed by atoms with Crippen molar-refractivity contribution in [1.29, 1.82) is 0 Å². The molecule has 8 nitrogen and oxygen atoms in total. The van der Waals surface area contributed by atoms with Crippen molar-refractivity contribution in [2.45, 2.75) is 13.3 Å². The Morgan fingerprint density at radius 1 is 1.10 bits per heavy atom. The summed E-state index contributed by atoms with van der Waals surface area (Å²) in [5.41, 5.74) is 4.59. The minimum Gasteiger partial charge on any atom is -0.494 e. The fourth-order valence-electron chi connectivity index (χ4n) is 2.61. The lowest BCUT2D eigenvalue weighted by Gasteiger charge is -2.07. The fourth-order valence-corrected chi connectivity index (χ4v) is 3.37. The van der Waals surface area contributed by atoms with Crippen LogP contribution in [-0.4, -0.2) is 29.3 Å². The van der Waals surface area contributed by atoms with Crippen LogP contribution >= 0.6 is 11.3 Å². The summed E-state index contributed by atoms with van der Waals surface area (Å²) in [6.45, 7) is 2.05. The molecule has 0 saturated carbocycles. The largest absolute Gasteiger partial charge is 0.494 e. The van der Waals surface area contributed by atoms with Crippen LogP contribution in [0.5, 0.6) is 17.4 Å². The summed E-state index contributed by atoms with van der Waals surface area (Å²) in [6.07, 6.45) is 3.94. The SMILES string of the molecule is CC(=O)Oc1ccc(C=CNOCCOc2ccc(Cc3sc(=O)[nH]c3O)cc2)cc1. The van der Waals surface area contributed by atoms with Gasteiger partial charge in [-0.25, -0.2) is 0 Å². The average molecular weight is 442 g/mol. The molecule has 3 aromatic rings. The Hall–Kier alpha value is -3.56. The number of benzene rings is 2. The maximum absolute atomic E-state index is 11.2. The minimum absolute atomic E-state index is 0.0759. The highest BCUT2D eigenvalue weighted by atomic mass is 32.1. The van der Waals surface area contributed by atoms with Gasteiger partial charge in [0, 0.05) is 19.5 Å². The number of carbonyl (C=O) groups excluding carboxylic acids is 1. The van der Waals surface area contributed by atoms with E-state index >= 15 is 0 Å². The van der Waals surface area contributed by atoms with E-state index < -0.39 is 0 Å². The summed E-state index contributed by atoms with van der Waals surface area (Å²) in [6, 6.07) is 14.5. The van der Waals surface area contributed by atoms with Gasteiger partial charge in [-0.2, -0.15) is 0 Å². The van der Waals surface area contributed by atoms with E-state index in [1.807, 2.05) is 42.5 Å². The smallest absolute Gasteiger partial charge is 0.308 e. The maximum atomic E-state index is 11.2. The molecule has 0 saturated heterocycles. The van der Waals surface area contributed by atoms with Crippen LogP contribution < -0.4 is 19.8 Å². The van der Waals surface area contributed by atoms with E-state index in [1.54, 1.807) is 18.3 Å². The quantitative estimate of drug-likeness (QED) is 0.191. The van der Waals surface area contributed by atoms with Crippen LogP contribution in [0.4, 0.5) is 0 Å². The highest BCUT2D eigenvalue weighted by Gasteiger charge is 2.07. The lowest BCUT2D eigenvalue weighted by Crippen LogP contribution is -2.13. The van der Waals surface area contributed by atoms with Crippen LogP contribution in [0.2, 0.25) is 0 Å². The van der Waals surface area contributed by atoms with Crippen molar-refractivity contribution in [3.63, 3.8) is 0 Å². The van der Waals surface area contributed by atoms with E-state index in [1.165, 1.54) is 6.92 Å². The van der Waals surface area contributed by atoms with Gasteiger partial charge in [0.05, 0.1) is 4.88 Å². The third kappa shape index (κ3) is 7.32. The van der Waals surface area contributed by atoms with E-state index in [0.717, 1.165) is 22.5 Å².